The van der Waals surface area contributed by atoms with Crippen molar-refractivity contribution in [2.24, 2.45) is 0 Å². The summed E-state index contributed by atoms with van der Waals surface area (Å²) in [6, 6.07) is 25.4. The number of phenols is 1. The van der Waals surface area contributed by atoms with E-state index < -0.39 is 0 Å². The highest BCUT2D eigenvalue weighted by atomic mass is 32.2. The number of unbranched alkanes of at least 4 members (excludes halogenated alkanes) is 1. The number of ether oxygens (including phenoxy) is 1. The van der Waals surface area contributed by atoms with Gasteiger partial charge in [0.2, 0.25) is 0 Å². The predicted octanol–water partition coefficient (Wildman–Crippen LogP) is 7.23. The first kappa shape index (κ1) is 24.3. The summed E-state index contributed by atoms with van der Waals surface area (Å²) in [7, 11) is 0. The van der Waals surface area contributed by atoms with E-state index in [-0.39, 0.29) is 11.3 Å². The molecule has 1 saturated heterocycles. The minimum absolute atomic E-state index is 0.0798. The fourth-order valence-corrected chi connectivity index (χ4v) is 7.03. The summed E-state index contributed by atoms with van der Waals surface area (Å²) >= 11 is 1.93. The van der Waals surface area contributed by atoms with Crippen molar-refractivity contribution in [3.63, 3.8) is 0 Å². The SMILES string of the molecule is C[C@]1(c2ccc(O)cc2)CSc2ccccc2C1c1ccc(OCCCCN2CCCCC2)cc1. The second-order valence-corrected chi connectivity index (χ2v) is 11.3. The summed E-state index contributed by atoms with van der Waals surface area (Å²) in [4.78, 5) is 3.96. The van der Waals surface area contributed by atoms with Gasteiger partial charge in [0, 0.05) is 22.0 Å². The Morgan fingerprint density at radius 1 is 0.914 bits per heavy atom. The molecule has 3 nitrogen and oxygen atoms in total. The topological polar surface area (TPSA) is 32.7 Å². The Labute approximate surface area is 214 Å². The van der Waals surface area contributed by atoms with Gasteiger partial charge in [0.25, 0.3) is 0 Å². The van der Waals surface area contributed by atoms with Crippen LogP contribution in [0.3, 0.4) is 0 Å². The van der Waals surface area contributed by atoms with Crippen molar-refractivity contribution in [1.29, 1.82) is 0 Å². The monoisotopic (exact) mass is 487 g/mol. The van der Waals surface area contributed by atoms with E-state index in [0.717, 1.165) is 24.5 Å². The minimum atomic E-state index is -0.0798. The van der Waals surface area contributed by atoms with E-state index in [2.05, 4.69) is 72.5 Å². The molecule has 0 bridgehead atoms. The highest BCUT2D eigenvalue weighted by molar-refractivity contribution is 7.99. The first-order valence-corrected chi connectivity index (χ1v) is 14.1. The lowest BCUT2D eigenvalue weighted by Gasteiger charge is -2.43. The van der Waals surface area contributed by atoms with Crippen molar-refractivity contribution in [2.75, 3.05) is 32.0 Å². The molecular formula is C31H37NO2S. The van der Waals surface area contributed by atoms with Crippen LogP contribution in [0.4, 0.5) is 0 Å². The molecule has 5 rings (SSSR count). The number of phenolic OH excluding ortho intramolecular Hbond substituents is 1. The molecule has 184 valence electrons. The van der Waals surface area contributed by atoms with Crippen LogP contribution in [-0.2, 0) is 5.41 Å². The first-order chi connectivity index (χ1) is 17.1. The first-order valence-electron chi connectivity index (χ1n) is 13.1. The van der Waals surface area contributed by atoms with Crippen LogP contribution in [0.15, 0.2) is 77.7 Å². The largest absolute Gasteiger partial charge is 0.508 e. The zero-order valence-corrected chi connectivity index (χ0v) is 21.6. The summed E-state index contributed by atoms with van der Waals surface area (Å²) in [5, 5.41) is 9.86. The summed E-state index contributed by atoms with van der Waals surface area (Å²) in [5.74, 6) is 2.50. The standard InChI is InChI=1S/C31H37NO2S/c1-31(25-13-15-26(33)16-14-25)23-35-29-10-4-3-9-28(29)30(31)24-11-17-27(18-12-24)34-22-8-7-21-32-19-5-2-6-20-32/h3-4,9-18,30,33H,2,5-8,19-23H2,1H3/t30?,31-/m1/s1. The van der Waals surface area contributed by atoms with Crippen molar-refractivity contribution in [3.05, 3.63) is 89.5 Å². The van der Waals surface area contributed by atoms with E-state index in [1.54, 1.807) is 0 Å². The van der Waals surface area contributed by atoms with Gasteiger partial charge in [0.05, 0.1) is 6.61 Å². The maximum atomic E-state index is 9.86. The summed E-state index contributed by atoms with van der Waals surface area (Å²) in [6.07, 6.45) is 6.43. The normalized spacial score (nSPS) is 22.5. The zero-order valence-electron chi connectivity index (χ0n) is 20.8. The van der Waals surface area contributed by atoms with Crippen molar-refractivity contribution in [3.8, 4) is 11.5 Å². The molecule has 1 fully saturated rings. The van der Waals surface area contributed by atoms with Gasteiger partial charge in [-0.15, -0.1) is 11.8 Å². The smallest absolute Gasteiger partial charge is 0.119 e. The van der Waals surface area contributed by atoms with E-state index >= 15 is 0 Å². The third-order valence-electron chi connectivity index (χ3n) is 7.72. The molecule has 0 aromatic heterocycles. The lowest BCUT2D eigenvalue weighted by atomic mass is 9.67. The molecule has 0 aliphatic carbocycles. The minimum Gasteiger partial charge on any atom is -0.508 e. The van der Waals surface area contributed by atoms with E-state index in [1.807, 2.05) is 23.9 Å². The van der Waals surface area contributed by atoms with Gasteiger partial charge in [-0.3, -0.25) is 0 Å². The maximum Gasteiger partial charge on any atom is 0.119 e. The molecule has 2 aliphatic heterocycles. The molecule has 3 aromatic rings. The van der Waals surface area contributed by atoms with Crippen LogP contribution in [0.25, 0.3) is 0 Å². The van der Waals surface area contributed by atoms with E-state index in [9.17, 15) is 5.11 Å². The Bertz CT molecular complexity index is 1090. The van der Waals surface area contributed by atoms with E-state index in [0.29, 0.717) is 5.75 Å². The van der Waals surface area contributed by atoms with Gasteiger partial charge in [-0.25, -0.2) is 0 Å². The van der Waals surface area contributed by atoms with Crippen molar-refractivity contribution >= 4 is 11.8 Å². The Morgan fingerprint density at radius 3 is 2.43 bits per heavy atom. The number of likely N-dealkylation sites (tertiary alicyclic amines) is 1. The summed E-state index contributed by atoms with van der Waals surface area (Å²) in [6.45, 7) is 6.89. The highest BCUT2D eigenvalue weighted by Gasteiger charge is 2.42. The van der Waals surface area contributed by atoms with E-state index in [4.69, 9.17) is 4.74 Å². The summed E-state index contributed by atoms with van der Waals surface area (Å²) < 4.78 is 6.11. The van der Waals surface area contributed by atoms with Gasteiger partial charge in [-0.05, 0) is 92.3 Å². The quantitative estimate of drug-likeness (QED) is 0.340. The third kappa shape index (κ3) is 5.54. The van der Waals surface area contributed by atoms with Crippen LogP contribution in [0, 0.1) is 0 Å². The number of thioether (sulfide) groups is 1. The van der Waals surface area contributed by atoms with Gasteiger partial charge >= 0.3 is 0 Å². The molecule has 0 spiro atoms. The molecule has 2 atom stereocenters. The fraction of sp³-hybridized carbons (Fsp3) is 0.419. The maximum absolute atomic E-state index is 9.86. The Morgan fingerprint density at radius 2 is 1.66 bits per heavy atom. The van der Waals surface area contributed by atoms with Crippen LogP contribution in [0.5, 0.6) is 11.5 Å². The molecule has 3 aromatic carbocycles. The lowest BCUT2D eigenvalue weighted by molar-refractivity contribution is 0.216. The second-order valence-electron chi connectivity index (χ2n) is 10.3. The number of fused-ring (bicyclic) bond motifs is 1. The average Bonchev–Trinajstić information content (AvgIpc) is 2.90. The number of hydrogen-bond donors (Lipinski definition) is 1. The van der Waals surface area contributed by atoms with Gasteiger partial charge in [0.15, 0.2) is 0 Å². The van der Waals surface area contributed by atoms with Gasteiger partial charge in [-0.2, -0.15) is 0 Å². The second kappa shape index (κ2) is 11.1. The van der Waals surface area contributed by atoms with Gasteiger partial charge < -0.3 is 14.7 Å². The molecule has 1 unspecified atom stereocenters. The number of aromatic hydroxyl groups is 1. The third-order valence-corrected chi connectivity index (χ3v) is 9.15. The molecule has 0 saturated carbocycles. The lowest BCUT2D eigenvalue weighted by Crippen LogP contribution is -2.36. The molecular weight excluding hydrogens is 450 g/mol. The van der Waals surface area contributed by atoms with Crippen LogP contribution in [0.2, 0.25) is 0 Å². The molecule has 0 radical (unpaired) electrons. The number of rotatable bonds is 8. The fourth-order valence-electron chi connectivity index (χ4n) is 5.71. The molecule has 35 heavy (non-hydrogen) atoms. The number of piperidine rings is 1. The molecule has 1 N–H and O–H groups in total. The Hall–Kier alpha value is -2.43. The number of benzene rings is 3. The Kier molecular flexibility index (Phi) is 7.69. The molecule has 4 heteroatoms. The molecule has 2 heterocycles. The Balaban J connectivity index is 1.29. The van der Waals surface area contributed by atoms with Crippen LogP contribution >= 0.6 is 11.8 Å². The number of nitrogens with zero attached hydrogens (tertiary/aromatic N) is 1. The highest BCUT2D eigenvalue weighted by Crippen LogP contribution is 2.52. The van der Waals surface area contributed by atoms with Crippen LogP contribution in [0.1, 0.15) is 61.6 Å². The zero-order chi connectivity index (χ0) is 24.1. The number of hydrogen-bond acceptors (Lipinski definition) is 4. The van der Waals surface area contributed by atoms with Crippen molar-refractivity contribution in [2.45, 2.75) is 55.3 Å². The van der Waals surface area contributed by atoms with E-state index in [1.165, 1.54) is 66.9 Å². The molecule has 2 aliphatic rings. The summed E-state index contributed by atoms with van der Waals surface area (Å²) in [5.41, 5.74) is 3.87. The molecule has 0 amide bonds. The van der Waals surface area contributed by atoms with Crippen LogP contribution < -0.4 is 4.74 Å². The van der Waals surface area contributed by atoms with Gasteiger partial charge in [0.1, 0.15) is 11.5 Å². The average molecular weight is 488 g/mol. The van der Waals surface area contributed by atoms with Crippen molar-refractivity contribution < 1.29 is 9.84 Å². The van der Waals surface area contributed by atoms with Crippen molar-refractivity contribution in [1.82, 2.24) is 4.90 Å². The van der Waals surface area contributed by atoms with Crippen LogP contribution in [-0.4, -0.2) is 42.0 Å². The predicted molar refractivity (Wildman–Crippen MR) is 146 cm³/mol. The van der Waals surface area contributed by atoms with Gasteiger partial charge in [-0.1, -0.05) is 55.8 Å².